The molecule has 0 bridgehead atoms. The molecule has 0 saturated carbocycles. The summed E-state index contributed by atoms with van der Waals surface area (Å²) < 4.78 is 4.96. The number of aliphatic carboxylic acids is 1. The van der Waals surface area contributed by atoms with Crippen LogP contribution < -0.4 is 5.32 Å². The van der Waals surface area contributed by atoms with Crippen LogP contribution in [0.15, 0.2) is 0 Å². The zero-order chi connectivity index (χ0) is 15.6. The number of amides is 2. The SMILES string of the molecule is COCCCCCNC(=O)N(CCC(=O)O)C(C)(C)C. The Morgan fingerprint density at radius 3 is 2.35 bits per heavy atom. The number of nitrogens with zero attached hydrogens (tertiary/aromatic N) is 1. The number of carbonyl (C=O) groups excluding carboxylic acids is 1. The van der Waals surface area contributed by atoms with E-state index in [4.69, 9.17) is 9.84 Å². The van der Waals surface area contributed by atoms with E-state index in [9.17, 15) is 9.59 Å². The molecule has 0 aromatic heterocycles. The number of carboxylic acid groups (broad SMARTS) is 1. The van der Waals surface area contributed by atoms with Crippen LogP contribution in [0, 0.1) is 0 Å². The minimum absolute atomic E-state index is 0.0431. The van der Waals surface area contributed by atoms with Gasteiger partial charge in [-0.2, -0.15) is 0 Å². The fourth-order valence-corrected chi connectivity index (χ4v) is 1.79. The van der Waals surface area contributed by atoms with Gasteiger partial charge in [0.05, 0.1) is 6.42 Å². The van der Waals surface area contributed by atoms with E-state index in [-0.39, 0.29) is 19.0 Å². The molecule has 0 spiro atoms. The normalized spacial score (nSPS) is 11.2. The molecule has 0 unspecified atom stereocenters. The predicted molar refractivity (Wildman–Crippen MR) is 77.8 cm³/mol. The average Bonchev–Trinajstić information content (AvgIpc) is 2.31. The quantitative estimate of drug-likeness (QED) is 0.637. The van der Waals surface area contributed by atoms with Gasteiger partial charge in [0.25, 0.3) is 0 Å². The Balaban J connectivity index is 4.11. The molecule has 6 nitrogen and oxygen atoms in total. The van der Waals surface area contributed by atoms with Crippen molar-refractivity contribution >= 4 is 12.0 Å². The first kappa shape index (κ1) is 18.7. The van der Waals surface area contributed by atoms with Gasteiger partial charge in [-0.25, -0.2) is 4.79 Å². The van der Waals surface area contributed by atoms with Crippen molar-refractivity contribution in [1.29, 1.82) is 0 Å². The van der Waals surface area contributed by atoms with Crippen LogP contribution in [0.3, 0.4) is 0 Å². The summed E-state index contributed by atoms with van der Waals surface area (Å²) in [6.07, 6.45) is 2.83. The van der Waals surface area contributed by atoms with Crippen molar-refractivity contribution in [3.8, 4) is 0 Å². The van der Waals surface area contributed by atoms with Gasteiger partial charge in [0.1, 0.15) is 0 Å². The minimum atomic E-state index is -0.897. The van der Waals surface area contributed by atoms with E-state index in [1.54, 1.807) is 12.0 Å². The van der Waals surface area contributed by atoms with Gasteiger partial charge in [0.2, 0.25) is 0 Å². The summed E-state index contributed by atoms with van der Waals surface area (Å²) in [5.41, 5.74) is -0.393. The molecule has 0 aliphatic heterocycles. The molecule has 6 heteroatoms. The molecule has 0 fully saturated rings. The number of rotatable bonds is 9. The molecule has 118 valence electrons. The van der Waals surface area contributed by atoms with Gasteiger partial charge < -0.3 is 20.1 Å². The highest BCUT2D eigenvalue weighted by atomic mass is 16.5. The standard InChI is InChI=1S/C14H28N2O4/c1-14(2,3)16(10-8-12(17)18)13(19)15-9-6-5-7-11-20-4/h5-11H2,1-4H3,(H,15,19)(H,17,18). The van der Waals surface area contributed by atoms with Gasteiger partial charge in [-0.3, -0.25) is 4.79 Å². The van der Waals surface area contributed by atoms with Crippen LogP contribution in [0.2, 0.25) is 0 Å². The number of unbranched alkanes of at least 4 members (excludes halogenated alkanes) is 2. The van der Waals surface area contributed by atoms with Crippen LogP contribution in [-0.2, 0) is 9.53 Å². The first-order valence-corrected chi connectivity index (χ1v) is 7.05. The highest BCUT2D eigenvalue weighted by Crippen LogP contribution is 2.14. The van der Waals surface area contributed by atoms with Crippen molar-refractivity contribution in [3.05, 3.63) is 0 Å². The molecular weight excluding hydrogens is 260 g/mol. The van der Waals surface area contributed by atoms with E-state index in [1.165, 1.54) is 0 Å². The Bertz CT molecular complexity index is 300. The summed E-state index contributed by atoms with van der Waals surface area (Å²) in [6.45, 7) is 7.24. The van der Waals surface area contributed by atoms with E-state index in [0.717, 1.165) is 25.9 Å². The molecule has 0 aromatic carbocycles. The van der Waals surface area contributed by atoms with Crippen LogP contribution in [-0.4, -0.2) is 54.4 Å². The van der Waals surface area contributed by atoms with Crippen LogP contribution in [0.4, 0.5) is 4.79 Å². The van der Waals surface area contributed by atoms with Gasteiger partial charge in [-0.15, -0.1) is 0 Å². The zero-order valence-electron chi connectivity index (χ0n) is 13.1. The lowest BCUT2D eigenvalue weighted by atomic mass is 10.1. The number of carboxylic acids is 1. The summed E-state index contributed by atoms with van der Waals surface area (Å²) in [4.78, 5) is 24.3. The van der Waals surface area contributed by atoms with Crippen LogP contribution in [0.5, 0.6) is 0 Å². The molecule has 2 N–H and O–H groups in total. The number of hydrogen-bond acceptors (Lipinski definition) is 3. The lowest BCUT2D eigenvalue weighted by Crippen LogP contribution is -2.51. The van der Waals surface area contributed by atoms with Gasteiger partial charge in [-0.05, 0) is 40.0 Å². The summed E-state index contributed by atoms with van der Waals surface area (Å²) in [6, 6.07) is -0.203. The maximum atomic E-state index is 12.1. The van der Waals surface area contributed by atoms with Crippen LogP contribution in [0.1, 0.15) is 46.5 Å². The Morgan fingerprint density at radius 1 is 1.20 bits per heavy atom. The monoisotopic (exact) mass is 288 g/mol. The van der Waals surface area contributed by atoms with E-state index in [0.29, 0.717) is 6.54 Å². The van der Waals surface area contributed by atoms with E-state index < -0.39 is 11.5 Å². The molecule has 20 heavy (non-hydrogen) atoms. The van der Waals surface area contributed by atoms with Gasteiger partial charge in [0, 0.05) is 32.3 Å². The molecule has 0 atom stereocenters. The van der Waals surface area contributed by atoms with E-state index in [1.807, 2.05) is 20.8 Å². The summed E-state index contributed by atoms with van der Waals surface area (Å²) in [7, 11) is 1.67. The van der Waals surface area contributed by atoms with Crippen molar-refractivity contribution < 1.29 is 19.4 Å². The zero-order valence-corrected chi connectivity index (χ0v) is 13.1. The Hall–Kier alpha value is -1.30. The van der Waals surface area contributed by atoms with E-state index in [2.05, 4.69) is 5.32 Å². The Labute approximate surface area is 121 Å². The topological polar surface area (TPSA) is 78.9 Å². The third-order valence-electron chi connectivity index (χ3n) is 2.91. The molecule has 0 radical (unpaired) electrons. The number of ether oxygens (including phenoxy) is 1. The lowest BCUT2D eigenvalue weighted by Gasteiger charge is -2.35. The minimum Gasteiger partial charge on any atom is -0.481 e. The Morgan fingerprint density at radius 2 is 1.85 bits per heavy atom. The second-order valence-corrected chi connectivity index (χ2v) is 5.75. The van der Waals surface area contributed by atoms with Crippen LogP contribution in [0.25, 0.3) is 0 Å². The average molecular weight is 288 g/mol. The molecule has 0 saturated heterocycles. The predicted octanol–water partition coefficient (Wildman–Crippen LogP) is 2.09. The van der Waals surface area contributed by atoms with Crippen molar-refractivity contribution in [2.75, 3.05) is 26.8 Å². The van der Waals surface area contributed by atoms with Crippen LogP contribution >= 0.6 is 0 Å². The number of methoxy groups -OCH3 is 1. The fourth-order valence-electron chi connectivity index (χ4n) is 1.79. The van der Waals surface area contributed by atoms with Gasteiger partial charge >= 0.3 is 12.0 Å². The number of nitrogens with one attached hydrogen (secondary N) is 1. The molecule has 0 aliphatic carbocycles. The highest BCUT2D eigenvalue weighted by molar-refractivity contribution is 5.76. The lowest BCUT2D eigenvalue weighted by molar-refractivity contribution is -0.137. The van der Waals surface area contributed by atoms with Gasteiger partial charge in [0.15, 0.2) is 0 Å². The highest BCUT2D eigenvalue weighted by Gasteiger charge is 2.26. The first-order valence-electron chi connectivity index (χ1n) is 7.05. The maximum Gasteiger partial charge on any atom is 0.317 e. The summed E-state index contributed by atoms with van der Waals surface area (Å²) in [5.74, 6) is -0.897. The van der Waals surface area contributed by atoms with Crippen molar-refractivity contribution in [3.63, 3.8) is 0 Å². The molecule has 0 rings (SSSR count). The molecular formula is C14H28N2O4. The number of urea groups is 1. The third kappa shape index (κ3) is 8.74. The summed E-state index contributed by atoms with van der Waals surface area (Å²) in [5, 5.41) is 11.6. The second-order valence-electron chi connectivity index (χ2n) is 5.75. The van der Waals surface area contributed by atoms with Gasteiger partial charge in [-0.1, -0.05) is 0 Å². The summed E-state index contributed by atoms with van der Waals surface area (Å²) >= 11 is 0. The first-order chi connectivity index (χ1) is 9.29. The number of hydrogen-bond donors (Lipinski definition) is 2. The smallest absolute Gasteiger partial charge is 0.317 e. The van der Waals surface area contributed by atoms with Crippen molar-refractivity contribution in [2.24, 2.45) is 0 Å². The third-order valence-corrected chi connectivity index (χ3v) is 2.91. The number of carbonyl (C=O) groups is 2. The maximum absolute atomic E-state index is 12.1. The second kappa shape index (κ2) is 9.58. The molecule has 2 amide bonds. The fraction of sp³-hybridized carbons (Fsp3) is 0.857. The Kier molecular flexibility index (Phi) is 8.96. The van der Waals surface area contributed by atoms with Crippen molar-refractivity contribution in [1.82, 2.24) is 10.2 Å². The molecule has 0 aliphatic rings. The molecule has 0 heterocycles. The largest absolute Gasteiger partial charge is 0.481 e. The van der Waals surface area contributed by atoms with E-state index >= 15 is 0 Å². The molecule has 0 aromatic rings. The van der Waals surface area contributed by atoms with Crippen molar-refractivity contribution in [2.45, 2.75) is 52.0 Å².